The Kier molecular flexibility index (Phi) is 12.9. The van der Waals surface area contributed by atoms with E-state index in [1.807, 2.05) is 0 Å². The first-order valence-electron chi connectivity index (χ1n) is 21.1. The van der Waals surface area contributed by atoms with Crippen LogP contribution >= 0.6 is 0 Å². The Labute approximate surface area is 381 Å². The summed E-state index contributed by atoms with van der Waals surface area (Å²) in [6, 6.07) is 33.7. The molecule has 0 aromatic heterocycles. The summed E-state index contributed by atoms with van der Waals surface area (Å²) in [6.45, 7) is 10.3. The van der Waals surface area contributed by atoms with E-state index in [-0.39, 0.29) is 27.8 Å². The van der Waals surface area contributed by atoms with Gasteiger partial charge >= 0.3 is 17.9 Å². The number of aryl methyl sites for hydroxylation is 6. The summed E-state index contributed by atoms with van der Waals surface area (Å²) in [5.41, 5.74) is -9.56. The molecule has 0 unspecified atom stereocenters. The van der Waals surface area contributed by atoms with Gasteiger partial charge in [0.1, 0.15) is 18.3 Å². The van der Waals surface area contributed by atoms with E-state index in [9.17, 15) is 24.9 Å². The molecule has 6 aromatic rings. The monoisotopic (exact) mass is 888 g/mol. The normalized spacial score (nSPS) is 22.4. The molecule has 0 spiro atoms. The minimum absolute atomic E-state index is 0.252. The molecule has 1 aliphatic carbocycles. The number of carbonyl (C=O) groups excluding carboxylic acids is 6. The van der Waals surface area contributed by atoms with Crippen LogP contribution in [0.3, 0.4) is 0 Å². The number of carbonyl (C=O) groups is 6. The van der Waals surface area contributed by atoms with Crippen LogP contribution in [0.1, 0.15) is 95.5 Å². The van der Waals surface area contributed by atoms with Crippen LogP contribution in [0.25, 0.3) is 0 Å². The number of hydrogen-bond donors (Lipinski definition) is 3. The number of Topliss-reactive ketones (excluding diaryl/α,β-unsaturated/α-hetero) is 3. The zero-order chi connectivity index (χ0) is 47.7. The van der Waals surface area contributed by atoms with Crippen molar-refractivity contribution in [3.8, 4) is 0 Å². The van der Waals surface area contributed by atoms with Crippen molar-refractivity contribution in [3.63, 3.8) is 0 Å². The average Bonchev–Trinajstić information content (AvgIpc) is 3.31. The molecule has 12 heteroatoms. The quantitative estimate of drug-likeness (QED) is 0.0629. The zero-order valence-electron chi connectivity index (χ0n) is 37.1. The van der Waals surface area contributed by atoms with E-state index in [2.05, 4.69) is 0 Å². The molecule has 0 aliphatic heterocycles. The summed E-state index contributed by atoms with van der Waals surface area (Å²) in [5, 5.41) is 38.2. The summed E-state index contributed by atoms with van der Waals surface area (Å²) in [7, 11) is 0. The Morgan fingerprint density at radius 2 is 0.545 bits per heavy atom. The highest BCUT2D eigenvalue weighted by atomic mass is 16.7. The zero-order valence-corrected chi connectivity index (χ0v) is 37.1. The molecule has 0 bridgehead atoms. The predicted octanol–water partition coefficient (Wildman–Crippen LogP) is 7.37. The largest absolute Gasteiger partial charge is 0.439 e. The minimum atomic E-state index is -3.97. The Bertz CT molecular complexity index is 2680. The smallest absolute Gasteiger partial charge is 0.339 e. The Morgan fingerprint density at radius 1 is 0.333 bits per heavy atom. The van der Waals surface area contributed by atoms with Gasteiger partial charge in [-0.05, 0) is 77.9 Å². The van der Waals surface area contributed by atoms with Crippen molar-refractivity contribution in [1.29, 1.82) is 0 Å². The summed E-state index contributed by atoms with van der Waals surface area (Å²) >= 11 is 0. The van der Waals surface area contributed by atoms with Crippen molar-refractivity contribution in [2.24, 2.45) is 0 Å². The van der Waals surface area contributed by atoms with E-state index < -0.39 is 75.9 Å². The molecular formula is C54H48O12. The molecule has 1 fully saturated rings. The molecule has 66 heavy (non-hydrogen) atoms. The standard InChI is InChI=1S/C54H48O12/c1-31-7-19-37(20-8-31)44(56)52(64-49(61)40-25-13-34(4)14-26-40)47(59)43(55)48(60)53(45(57)38-21-9-32(2)10-22-38,65-50(62)41-27-15-35(5)16-28-41)54(52,46(58)39-23-11-33(3)12-24-39)66-51(63)42-29-17-36(6)18-30-42/h7-30,43,47-48,55,59-60H,1-6H3/t43-,47-,48+,52+,53-,54-. The van der Waals surface area contributed by atoms with Gasteiger partial charge in [-0.2, -0.15) is 0 Å². The van der Waals surface area contributed by atoms with Gasteiger partial charge in [0, 0.05) is 16.7 Å². The van der Waals surface area contributed by atoms with Gasteiger partial charge < -0.3 is 29.5 Å². The topological polar surface area (TPSA) is 191 Å². The van der Waals surface area contributed by atoms with Crippen molar-refractivity contribution in [2.45, 2.75) is 76.7 Å². The Hall–Kier alpha value is -7.38. The maximum absolute atomic E-state index is 16.5. The molecule has 6 atom stereocenters. The number of aliphatic hydroxyl groups is 3. The van der Waals surface area contributed by atoms with Crippen molar-refractivity contribution in [1.82, 2.24) is 0 Å². The van der Waals surface area contributed by atoms with Crippen molar-refractivity contribution >= 4 is 35.3 Å². The van der Waals surface area contributed by atoms with E-state index in [0.717, 1.165) is 0 Å². The molecule has 0 heterocycles. The molecule has 12 nitrogen and oxygen atoms in total. The van der Waals surface area contributed by atoms with Crippen LogP contribution in [0, 0.1) is 41.5 Å². The number of ketones is 3. The van der Waals surface area contributed by atoms with Crippen LogP contribution < -0.4 is 0 Å². The second-order valence-electron chi connectivity index (χ2n) is 16.9. The van der Waals surface area contributed by atoms with Crippen molar-refractivity contribution in [2.75, 3.05) is 0 Å². The molecule has 3 N–H and O–H groups in total. The SMILES string of the molecule is Cc1ccc(C(=O)O[C@@]2(C(=O)c3ccc(C)cc3)[C@@](OC(=O)c3ccc(C)cc3)(C(=O)c3ccc(C)cc3)[C@@H](O)[C@H](O)[C@@H](O)[C@@]2(OC(=O)c2ccc(C)cc2)C(=O)c2ccc(C)cc2)cc1. The van der Waals surface area contributed by atoms with Crippen LogP contribution in [0.4, 0.5) is 0 Å². The number of rotatable bonds is 12. The maximum atomic E-state index is 16.5. The maximum Gasteiger partial charge on any atom is 0.339 e. The fraction of sp³-hybridized carbons (Fsp3) is 0.222. The number of hydrogen-bond acceptors (Lipinski definition) is 12. The van der Waals surface area contributed by atoms with Gasteiger partial charge in [-0.25, -0.2) is 14.4 Å². The summed E-state index contributed by atoms with van der Waals surface area (Å²) in [6.07, 6.45) is -8.62. The molecule has 0 saturated heterocycles. The van der Waals surface area contributed by atoms with Gasteiger partial charge in [0.25, 0.3) is 16.8 Å². The fourth-order valence-corrected chi connectivity index (χ4v) is 8.25. The Balaban J connectivity index is 1.73. The van der Waals surface area contributed by atoms with Crippen LogP contribution in [0.2, 0.25) is 0 Å². The van der Waals surface area contributed by atoms with Gasteiger partial charge in [-0.15, -0.1) is 0 Å². The van der Waals surface area contributed by atoms with Gasteiger partial charge in [-0.1, -0.05) is 143 Å². The lowest BCUT2D eigenvalue weighted by atomic mass is 9.52. The summed E-state index contributed by atoms with van der Waals surface area (Å²) in [4.78, 5) is 93.8. The van der Waals surface area contributed by atoms with Crippen molar-refractivity contribution < 1.29 is 58.3 Å². The third-order valence-electron chi connectivity index (χ3n) is 12.1. The van der Waals surface area contributed by atoms with E-state index in [1.165, 1.54) is 146 Å². The van der Waals surface area contributed by atoms with Crippen LogP contribution in [-0.2, 0) is 14.2 Å². The van der Waals surface area contributed by atoms with Crippen molar-refractivity contribution in [3.05, 3.63) is 212 Å². The average molecular weight is 889 g/mol. The van der Waals surface area contributed by atoms with E-state index >= 15 is 19.2 Å². The van der Waals surface area contributed by atoms with Gasteiger partial charge in [0.15, 0.2) is 0 Å². The molecule has 0 amide bonds. The lowest BCUT2D eigenvalue weighted by Gasteiger charge is -2.60. The second kappa shape index (κ2) is 18.2. The van der Waals surface area contributed by atoms with E-state index in [4.69, 9.17) is 14.2 Å². The molecule has 6 aromatic carbocycles. The third-order valence-corrected chi connectivity index (χ3v) is 12.1. The number of esters is 3. The second-order valence-corrected chi connectivity index (χ2v) is 16.9. The predicted molar refractivity (Wildman–Crippen MR) is 243 cm³/mol. The fourth-order valence-electron chi connectivity index (χ4n) is 8.25. The number of benzene rings is 6. The first-order chi connectivity index (χ1) is 31.4. The molecule has 1 aliphatic rings. The lowest BCUT2D eigenvalue weighted by Crippen LogP contribution is -2.91. The first kappa shape index (κ1) is 46.6. The molecule has 336 valence electrons. The third kappa shape index (κ3) is 8.04. The van der Waals surface area contributed by atoms with Crippen LogP contribution in [0.5, 0.6) is 0 Å². The Morgan fingerprint density at radius 3 is 0.803 bits per heavy atom. The number of ether oxygens (including phenoxy) is 3. The van der Waals surface area contributed by atoms with E-state index in [0.29, 0.717) is 33.4 Å². The first-order valence-corrected chi connectivity index (χ1v) is 21.1. The van der Waals surface area contributed by atoms with E-state index in [1.54, 1.807) is 41.5 Å². The van der Waals surface area contributed by atoms with Gasteiger partial charge in [0.2, 0.25) is 17.3 Å². The highest BCUT2D eigenvalue weighted by Gasteiger charge is 2.88. The number of aliphatic hydroxyl groups excluding tert-OH is 3. The molecular weight excluding hydrogens is 841 g/mol. The van der Waals surface area contributed by atoms with Gasteiger partial charge in [0.05, 0.1) is 16.7 Å². The van der Waals surface area contributed by atoms with Crippen LogP contribution in [0.15, 0.2) is 146 Å². The molecule has 1 saturated carbocycles. The van der Waals surface area contributed by atoms with Gasteiger partial charge in [-0.3, -0.25) is 14.4 Å². The lowest BCUT2D eigenvalue weighted by molar-refractivity contribution is -0.293. The summed E-state index contributed by atoms with van der Waals surface area (Å²) < 4.78 is 19.2. The molecule has 7 rings (SSSR count). The highest BCUT2D eigenvalue weighted by molar-refractivity contribution is 6.21. The molecule has 0 radical (unpaired) electrons. The summed E-state index contributed by atoms with van der Waals surface area (Å²) in [5.74, 6) is -8.77. The highest BCUT2D eigenvalue weighted by Crippen LogP contribution is 2.56. The minimum Gasteiger partial charge on any atom is -0.439 e. The van der Waals surface area contributed by atoms with Crippen LogP contribution in [-0.4, -0.2) is 85.7 Å².